The van der Waals surface area contributed by atoms with Crippen molar-refractivity contribution in [3.8, 4) is 22.4 Å². The summed E-state index contributed by atoms with van der Waals surface area (Å²) >= 11 is 5.90. The highest BCUT2D eigenvalue weighted by Gasteiger charge is 2.13. The molecule has 0 atom stereocenters. The zero-order valence-electron chi connectivity index (χ0n) is 12.6. The van der Waals surface area contributed by atoms with E-state index in [9.17, 15) is 13.6 Å². The normalized spacial score (nSPS) is 11.2. The predicted molar refractivity (Wildman–Crippen MR) is 91.6 cm³/mol. The summed E-state index contributed by atoms with van der Waals surface area (Å²) < 4.78 is 27.9. The molecule has 0 aliphatic rings. The van der Waals surface area contributed by atoms with E-state index in [4.69, 9.17) is 11.6 Å². The van der Waals surface area contributed by atoms with Crippen LogP contribution in [0, 0.1) is 11.6 Å². The third-order valence-electron chi connectivity index (χ3n) is 3.87. The molecule has 0 fully saturated rings. The molecule has 124 valence electrons. The Morgan fingerprint density at radius 2 is 1.68 bits per heavy atom. The van der Waals surface area contributed by atoms with E-state index in [1.807, 2.05) is 12.1 Å². The minimum atomic E-state index is -0.994. The van der Waals surface area contributed by atoms with E-state index in [-0.39, 0.29) is 11.3 Å². The minimum absolute atomic E-state index is 0.263. The van der Waals surface area contributed by atoms with E-state index in [0.717, 1.165) is 17.7 Å². The summed E-state index contributed by atoms with van der Waals surface area (Å²) in [4.78, 5) is 16.8. The largest absolute Gasteiger partial charge is 0.296 e. The van der Waals surface area contributed by atoms with Crippen LogP contribution in [0.25, 0.3) is 28.0 Å². The molecule has 4 rings (SSSR count). The lowest BCUT2D eigenvalue weighted by Gasteiger charge is -2.04. The third-order valence-corrected chi connectivity index (χ3v) is 4.12. The number of benzene rings is 2. The van der Waals surface area contributed by atoms with Crippen molar-refractivity contribution in [2.45, 2.75) is 0 Å². The second-order valence-electron chi connectivity index (χ2n) is 5.46. The molecule has 2 aromatic heterocycles. The maximum absolute atomic E-state index is 13.5. The summed E-state index contributed by atoms with van der Waals surface area (Å²) in [6.07, 6.45) is 1.65. The van der Waals surface area contributed by atoms with Crippen LogP contribution in [0.1, 0.15) is 0 Å². The van der Waals surface area contributed by atoms with Crippen LogP contribution in [0.2, 0.25) is 5.02 Å². The van der Waals surface area contributed by atoms with E-state index in [1.165, 1.54) is 16.6 Å². The van der Waals surface area contributed by atoms with Crippen molar-refractivity contribution < 1.29 is 8.78 Å². The summed E-state index contributed by atoms with van der Waals surface area (Å²) in [5, 5.41) is 3.44. The standard InChI is InChI=1S/C18H10ClF2N3O/c19-12-4-1-10(2-5-12)13-9-22-24-17(25)8-16(23-18(13)24)11-3-6-14(20)15(21)7-11/h1-9,22H. The minimum Gasteiger partial charge on any atom is -0.296 e. The van der Waals surface area contributed by atoms with Crippen LogP contribution in [0.5, 0.6) is 0 Å². The Hall–Kier alpha value is -2.99. The van der Waals surface area contributed by atoms with Crippen LogP contribution in [0.4, 0.5) is 8.78 Å². The maximum Gasteiger partial charge on any atom is 0.273 e. The van der Waals surface area contributed by atoms with Crippen molar-refractivity contribution in [3.05, 3.63) is 81.7 Å². The molecule has 4 nitrogen and oxygen atoms in total. The van der Waals surface area contributed by atoms with Crippen molar-refractivity contribution in [2.75, 3.05) is 0 Å². The molecular weight excluding hydrogens is 348 g/mol. The Kier molecular flexibility index (Phi) is 3.62. The molecule has 0 bridgehead atoms. The fraction of sp³-hybridized carbons (Fsp3) is 0. The topological polar surface area (TPSA) is 50.2 Å². The molecule has 0 aliphatic carbocycles. The highest BCUT2D eigenvalue weighted by Crippen LogP contribution is 2.26. The van der Waals surface area contributed by atoms with Crippen molar-refractivity contribution in [1.82, 2.24) is 14.6 Å². The molecule has 0 unspecified atom stereocenters. The number of aromatic amines is 1. The lowest BCUT2D eigenvalue weighted by molar-refractivity contribution is 0.509. The molecule has 2 heterocycles. The van der Waals surface area contributed by atoms with Gasteiger partial charge >= 0.3 is 0 Å². The van der Waals surface area contributed by atoms with Crippen molar-refractivity contribution >= 4 is 17.2 Å². The molecule has 2 aromatic carbocycles. The fourth-order valence-electron chi connectivity index (χ4n) is 2.63. The van der Waals surface area contributed by atoms with E-state index >= 15 is 0 Å². The molecule has 0 amide bonds. The molecule has 0 radical (unpaired) electrons. The van der Waals surface area contributed by atoms with E-state index in [0.29, 0.717) is 21.8 Å². The molecule has 1 N–H and O–H groups in total. The first-order chi connectivity index (χ1) is 12.0. The lowest BCUT2D eigenvalue weighted by atomic mass is 10.1. The number of rotatable bonds is 2. The number of fused-ring (bicyclic) bond motifs is 1. The van der Waals surface area contributed by atoms with Crippen molar-refractivity contribution in [2.24, 2.45) is 0 Å². The first-order valence-corrected chi connectivity index (χ1v) is 7.73. The summed E-state index contributed by atoms with van der Waals surface area (Å²) in [7, 11) is 0. The fourth-order valence-corrected chi connectivity index (χ4v) is 2.75. The maximum atomic E-state index is 13.5. The molecular formula is C18H10ClF2N3O. The quantitative estimate of drug-likeness (QED) is 0.582. The Balaban J connectivity index is 1.93. The van der Waals surface area contributed by atoms with Crippen molar-refractivity contribution in [1.29, 1.82) is 0 Å². The van der Waals surface area contributed by atoms with Crippen LogP contribution in [-0.2, 0) is 0 Å². The molecule has 0 saturated carbocycles. The molecule has 0 saturated heterocycles. The van der Waals surface area contributed by atoms with Gasteiger partial charge in [0, 0.05) is 28.4 Å². The van der Waals surface area contributed by atoms with Gasteiger partial charge in [-0.25, -0.2) is 18.3 Å². The lowest BCUT2D eigenvalue weighted by Crippen LogP contribution is -2.14. The SMILES string of the molecule is O=c1cc(-c2ccc(F)c(F)c2)nc2c(-c3ccc(Cl)cc3)c[nH]n12. The smallest absolute Gasteiger partial charge is 0.273 e. The zero-order valence-corrected chi connectivity index (χ0v) is 13.4. The van der Waals surface area contributed by atoms with Gasteiger partial charge in [0.1, 0.15) is 0 Å². The number of nitrogens with zero attached hydrogens (tertiary/aromatic N) is 2. The first kappa shape index (κ1) is 15.5. The van der Waals surface area contributed by atoms with E-state index < -0.39 is 11.6 Å². The Bertz CT molecular complexity index is 1150. The van der Waals surface area contributed by atoms with Crippen LogP contribution < -0.4 is 5.56 Å². The Morgan fingerprint density at radius 1 is 0.960 bits per heavy atom. The van der Waals surface area contributed by atoms with Crippen LogP contribution in [0.15, 0.2) is 59.5 Å². The monoisotopic (exact) mass is 357 g/mol. The van der Waals surface area contributed by atoms with Crippen LogP contribution in [-0.4, -0.2) is 14.6 Å². The molecule has 25 heavy (non-hydrogen) atoms. The van der Waals surface area contributed by atoms with Gasteiger partial charge in [0.2, 0.25) is 0 Å². The average molecular weight is 358 g/mol. The van der Waals surface area contributed by atoms with Gasteiger partial charge in [-0.3, -0.25) is 9.89 Å². The molecule has 0 aliphatic heterocycles. The Labute approximate surface area is 145 Å². The summed E-state index contributed by atoms with van der Waals surface area (Å²) in [6, 6.07) is 11.7. The van der Waals surface area contributed by atoms with Crippen LogP contribution >= 0.6 is 11.6 Å². The molecule has 7 heteroatoms. The van der Waals surface area contributed by atoms with Gasteiger partial charge in [-0.05, 0) is 35.9 Å². The van der Waals surface area contributed by atoms with Crippen LogP contribution in [0.3, 0.4) is 0 Å². The number of H-pyrrole nitrogens is 1. The second kappa shape index (κ2) is 5.82. The summed E-state index contributed by atoms with van der Waals surface area (Å²) in [5.41, 5.74) is 2.12. The highest BCUT2D eigenvalue weighted by molar-refractivity contribution is 6.30. The first-order valence-electron chi connectivity index (χ1n) is 7.35. The number of hydrogen-bond donors (Lipinski definition) is 1. The van der Waals surface area contributed by atoms with Gasteiger partial charge in [0.15, 0.2) is 17.3 Å². The summed E-state index contributed by atoms with van der Waals surface area (Å²) in [6.45, 7) is 0. The van der Waals surface area contributed by atoms with Gasteiger partial charge in [0.05, 0.1) is 5.69 Å². The van der Waals surface area contributed by atoms with E-state index in [1.54, 1.807) is 18.3 Å². The third kappa shape index (κ3) is 2.70. The van der Waals surface area contributed by atoms with Gasteiger partial charge in [-0.2, -0.15) is 0 Å². The number of aromatic nitrogens is 3. The predicted octanol–water partition coefficient (Wildman–Crippen LogP) is 4.29. The highest BCUT2D eigenvalue weighted by atomic mass is 35.5. The van der Waals surface area contributed by atoms with Crippen molar-refractivity contribution in [3.63, 3.8) is 0 Å². The molecule has 4 aromatic rings. The Morgan fingerprint density at radius 3 is 2.40 bits per heavy atom. The second-order valence-corrected chi connectivity index (χ2v) is 5.90. The number of nitrogens with one attached hydrogen (secondary N) is 1. The molecule has 0 spiro atoms. The van der Waals surface area contributed by atoms with Gasteiger partial charge < -0.3 is 0 Å². The van der Waals surface area contributed by atoms with E-state index in [2.05, 4.69) is 10.1 Å². The number of halogens is 3. The number of hydrogen-bond acceptors (Lipinski definition) is 2. The summed E-state index contributed by atoms with van der Waals surface area (Å²) in [5.74, 6) is -1.95. The van der Waals surface area contributed by atoms with Gasteiger partial charge in [0.25, 0.3) is 5.56 Å². The van der Waals surface area contributed by atoms with Gasteiger partial charge in [-0.15, -0.1) is 0 Å². The van der Waals surface area contributed by atoms with Gasteiger partial charge in [-0.1, -0.05) is 23.7 Å². The average Bonchev–Trinajstić information content (AvgIpc) is 3.02. The zero-order chi connectivity index (χ0) is 17.6.